The van der Waals surface area contributed by atoms with Gasteiger partial charge in [0.2, 0.25) is 0 Å². The van der Waals surface area contributed by atoms with Crippen LogP contribution in [0.2, 0.25) is 0 Å². The standard InChI is InChI=1S/C24H19N9O2/c1-14(2)29-19-8-22(33-23-16(11-28-33)7-15(9-25)10-27-23)26-12-18(19)20-13-32(31-30-20)21-6-4-3-5-17(21)24(34)35/h3-8,10-14H,1-2H3,(H,26,29)(H,34,35). The highest BCUT2D eigenvalue weighted by Gasteiger charge is 2.17. The topological polar surface area (TPSA) is 147 Å². The lowest BCUT2D eigenvalue weighted by molar-refractivity contribution is 0.0696. The lowest BCUT2D eigenvalue weighted by Gasteiger charge is -2.15. The molecule has 0 fully saturated rings. The molecule has 35 heavy (non-hydrogen) atoms. The van der Waals surface area contributed by atoms with Crippen molar-refractivity contribution >= 4 is 22.7 Å². The molecule has 4 heterocycles. The van der Waals surface area contributed by atoms with Crippen LogP contribution in [0.25, 0.3) is 33.8 Å². The molecule has 0 bridgehead atoms. The largest absolute Gasteiger partial charge is 0.478 e. The van der Waals surface area contributed by atoms with Crippen molar-refractivity contribution in [3.05, 3.63) is 72.3 Å². The van der Waals surface area contributed by atoms with Gasteiger partial charge in [0.05, 0.1) is 29.2 Å². The molecule has 1 aromatic carbocycles. The summed E-state index contributed by atoms with van der Waals surface area (Å²) in [6.07, 6.45) is 6.46. The minimum absolute atomic E-state index is 0.109. The van der Waals surface area contributed by atoms with Crippen LogP contribution in [-0.4, -0.2) is 51.9 Å². The van der Waals surface area contributed by atoms with Gasteiger partial charge in [-0.15, -0.1) is 5.10 Å². The Morgan fingerprint density at radius 1 is 1.14 bits per heavy atom. The number of pyridine rings is 2. The second kappa shape index (κ2) is 8.68. The Hall–Kier alpha value is -5.11. The fraction of sp³-hybridized carbons (Fsp3) is 0.125. The predicted octanol–water partition coefficient (Wildman–Crippen LogP) is 3.45. The summed E-state index contributed by atoms with van der Waals surface area (Å²) in [5.41, 5.74) is 3.53. The van der Waals surface area contributed by atoms with Crippen LogP contribution in [0.5, 0.6) is 0 Å². The normalized spacial score (nSPS) is 11.0. The number of rotatable bonds is 6. The molecular formula is C24H19N9O2. The Bertz CT molecular complexity index is 1610. The number of carboxylic acid groups (broad SMARTS) is 1. The Morgan fingerprint density at radius 3 is 2.74 bits per heavy atom. The van der Waals surface area contributed by atoms with Crippen molar-refractivity contribution < 1.29 is 9.90 Å². The van der Waals surface area contributed by atoms with Crippen molar-refractivity contribution in [2.45, 2.75) is 19.9 Å². The molecule has 2 N–H and O–H groups in total. The van der Waals surface area contributed by atoms with Gasteiger partial charge in [0.15, 0.2) is 11.5 Å². The summed E-state index contributed by atoms with van der Waals surface area (Å²) in [6.45, 7) is 4.02. The minimum Gasteiger partial charge on any atom is -0.478 e. The van der Waals surface area contributed by atoms with E-state index in [-0.39, 0.29) is 11.6 Å². The Kier molecular flexibility index (Phi) is 5.39. The summed E-state index contributed by atoms with van der Waals surface area (Å²) in [4.78, 5) is 20.5. The molecule has 0 aliphatic carbocycles. The van der Waals surface area contributed by atoms with Gasteiger partial charge in [0.1, 0.15) is 11.8 Å². The smallest absolute Gasteiger partial charge is 0.337 e. The summed E-state index contributed by atoms with van der Waals surface area (Å²) in [5, 5.41) is 35.6. The number of benzene rings is 1. The van der Waals surface area contributed by atoms with Gasteiger partial charge in [0, 0.05) is 41.1 Å². The first-order chi connectivity index (χ1) is 16.9. The summed E-state index contributed by atoms with van der Waals surface area (Å²) in [5.74, 6) is -0.513. The maximum Gasteiger partial charge on any atom is 0.337 e. The lowest BCUT2D eigenvalue weighted by Crippen LogP contribution is -2.12. The van der Waals surface area contributed by atoms with Crippen LogP contribution >= 0.6 is 0 Å². The fourth-order valence-electron chi connectivity index (χ4n) is 3.70. The maximum atomic E-state index is 11.6. The maximum absolute atomic E-state index is 11.6. The molecule has 0 spiro atoms. The molecule has 172 valence electrons. The number of fused-ring (bicyclic) bond motifs is 1. The van der Waals surface area contributed by atoms with Crippen molar-refractivity contribution in [3.63, 3.8) is 0 Å². The quantitative estimate of drug-likeness (QED) is 0.385. The minimum atomic E-state index is -1.05. The molecular weight excluding hydrogens is 446 g/mol. The van der Waals surface area contributed by atoms with Gasteiger partial charge < -0.3 is 10.4 Å². The monoisotopic (exact) mass is 465 g/mol. The first kappa shape index (κ1) is 21.7. The summed E-state index contributed by atoms with van der Waals surface area (Å²) >= 11 is 0. The molecule has 0 saturated carbocycles. The van der Waals surface area contributed by atoms with E-state index in [0.717, 1.165) is 11.1 Å². The van der Waals surface area contributed by atoms with E-state index in [0.29, 0.717) is 34.0 Å². The molecule has 5 aromatic rings. The number of carbonyl (C=O) groups is 1. The van der Waals surface area contributed by atoms with Crippen LogP contribution in [-0.2, 0) is 0 Å². The average Bonchev–Trinajstić information content (AvgIpc) is 3.50. The predicted molar refractivity (Wildman–Crippen MR) is 127 cm³/mol. The van der Waals surface area contributed by atoms with Gasteiger partial charge in [0.25, 0.3) is 0 Å². The zero-order valence-corrected chi connectivity index (χ0v) is 18.8. The zero-order chi connectivity index (χ0) is 24.5. The molecule has 0 aliphatic heterocycles. The molecule has 0 radical (unpaired) electrons. The number of hydrogen-bond donors (Lipinski definition) is 2. The van der Waals surface area contributed by atoms with E-state index >= 15 is 0 Å². The lowest BCUT2D eigenvalue weighted by atomic mass is 10.1. The number of carboxylic acids is 1. The highest BCUT2D eigenvalue weighted by Crippen LogP contribution is 2.29. The summed E-state index contributed by atoms with van der Waals surface area (Å²) < 4.78 is 3.04. The van der Waals surface area contributed by atoms with E-state index in [2.05, 4.69) is 36.8 Å². The average molecular weight is 465 g/mol. The van der Waals surface area contributed by atoms with Crippen LogP contribution in [0, 0.1) is 11.3 Å². The van der Waals surface area contributed by atoms with Gasteiger partial charge in [-0.3, -0.25) is 0 Å². The number of nitrogens with zero attached hydrogens (tertiary/aromatic N) is 8. The van der Waals surface area contributed by atoms with Crippen LogP contribution in [0.3, 0.4) is 0 Å². The van der Waals surface area contributed by atoms with Gasteiger partial charge in [-0.05, 0) is 32.0 Å². The number of nitriles is 1. The van der Waals surface area contributed by atoms with Crippen LogP contribution in [0.15, 0.2) is 61.2 Å². The number of nitrogens with one attached hydrogen (secondary N) is 1. The van der Waals surface area contributed by atoms with Crippen LogP contribution in [0.4, 0.5) is 5.69 Å². The number of anilines is 1. The van der Waals surface area contributed by atoms with Gasteiger partial charge in [-0.2, -0.15) is 15.0 Å². The number of hydrogen-bond acceptors (Lipinski definition) is 8. The number of aromatic carboxylic acids is 1. The molecule has 0 amide bonds. The molecule has 0 atom stereocenters. The second-order valence-electron chi connectivity index (χ2n) is 8.06. The van der Waals surface area contributed by atoms with E-state index in [9.17, 15) is 9.90 Å². The number of aromatic nitrogens is 7. The van der Waals surface area contributed by atoms with Crippen LogP contribution < -0.4 is 5.32 Å². The first-order valence-corrected chi connectivity index (χ1v) is 10.7. The molecule has 5 rings (SSSR count). The van der Waals surface area contributed by atoms with E-state index in [1.807, 2.05) is 19.9 Å². The van der Waals surface area contributed by atoms with E-state index in [1.54, 1.807) is 47.5 Å². The third-order valence-corrected chi connectivity index (χ3v) is 5.24. The van der Waals surface area contributed by atoms with E-state index < -0.39 is 5.97 Å². The molecule has 0 aliphatic rings. The summed E-state index contributed by atoms with van der Waals surface area (Å²) in [7, 11) is 0. The Morgan fingerprint density at radius 2 is 1.97 bits per heavy atom. The van der Waals surface area contributed by atoms with Gasteiger partial charge in [-0.25, -0.2) is 19.4 Å². The Balaban J connectivity index is 1.58. The summed E-state index contributed by atoms with van der Waals surface area (Å²) in [6, 6.07) is 12.3. The molecule has 0 saturated heterocycles. The third-order valence-electron chi connectivity index (χ3n) is 5.24. The zero-order valence-electron chi connectivity index (χ0n) is 18.8. The fourth-order valence-corrected chi connectivity index (χ4v) is 3.70. The van der Waals surface area contributed by atoms with Crippen molar-refractivity contribution in [1.82, 2.24) is 34.7 Å². The van der Waals surface area contributed by atoms with Crippen molar-refractivity contribution in [3.8, 4) is 28.8 Å². The first-order valence-electron chi connectivity index (χ1n) is 10.7. The molecule has 11 nitrogen and oxygen atoms in total. The van der Waals surface area contributed by atoms with Gasteiger partial charge >= 0.3 is 5.97 Å². The number of para-hydroxylation sites is 1. The molecule has 11 heteroatoms. The highest BCUT2D eigenvalue weighted by atomic mass is 16.4. The van der Waals surface area contributed by atoms with Crippen molar-refractivity contribution in [2.24, 2.45) is 0 Å². The van der Waals surface area contributed by atoms with E-state index in [1.165, 1.54) is 16.9 Å². The van der Waals surface area contributed by atoms with Crippen molar-refractivity contribution in [2.75, 3.05) is 5.32 Å². The molecule has 4 aromatic heterocycles. The second-order valence-corrected chi connectivity index (χ2v) is 8.06. The molecule has 0 unspecified atom stereocenters. The SMILES string of the molecule is CC(C)Nc1cc(-n2ncc3cc(C#N)cnc32)ncc1-c1cn(-c2ccccc2C(=O)O)nn1. The van der Waals surface area contributed by atoms with Crippen molar-refractivity contribution in [1.29, 1.82) is 5.26 Å². The Labute approximate surface area is 199 Å². The highest BCUT2D eigenvalue weighted by molar-refractivity contribution is 5.92. The third kappa shape index (κ3) is 4.04. The van der Waals surface area contributed by atoms with E-state index in [4.69, 9.17) is 5.26 Å². The van der Waals surface area contributed by atoms with Crippen LogP contribution in [0.1, 0.15) is 29.8 Å². The van der Waals surface area contributed by atoms with Gasteiger partial charge in [-0.1, -0.05) is 17.3 Å².